The zero-order valence-corrected chi connectivity index (χ0v) is 16.5. The van der Waals surface area contributed by atoms with Gasteiger partial charge in [-0.3, -0.25) is 4.79 Å². The van der Waals surface area contributed by atoms with E-state index in [1.54, 1.807) is 0 Å². The van der Waals surface area contributed by atoms with Crippen molar-refractivity contribution in [3.05, 3.63) is 0 Å². The molecule has 6 heteroatoms. The fourth-order valence-electron chi connectivity index (χ4n) is 4.44. The summed E-state index contributed by atoms with van der Waals surface area (Å²) < 4.78 is 24.0. The largest absolute Gasteiger partial charge is 0.460 e. The Morgan fingerprint density at radius 3 is 2.13 bits per heavy atom. The van der Waals surface area contributed by atoms with Crippen LogP contribution in [-0.4, -0.2) is 45.5 Å². The molecular weight excluding hydrogens is 312 g/mol. The number of fused-ring (bicyclic) bond motifs is 2. The molecule has 2 rings (SSSR count). The highest BCUT2D eigenvalue weighted by Gasteiger charge is 2.53. The smallest absolute Gasteiger partial charge is 0.302 e. The number of hydrogen-bond donors (Lipinski definition) is 0. The minimum atomic E-state index is -2.10. The molecule has 2 heterocycles. The third kappa shape index (κ3) is 3.65. The van der Waals surface area contributed by atoms with Crippen LogP contribution in [0, 0.1) is 0 Å². The van der Waals surface area contributed by atoms with Gasteiger partial charge in [0.2, 0.25) is 8.32 Å². The molecule has 2 aliphatic rings. The van der Waals surface area contributed by atoms with Gasteiger partial charge in [-0.25, -0.2) is 0 Å². The second-order valence-electron chi connectivity index (χ2n) is 7.74. The molecule has 0 radical (unpaired) electrons. The predicted molar refractivity (Wildman–Crippen MR) is 90.7 cm³/mol. The van der Waals surface area contributed by atoms with Crippen LogP contribution in [-0.2, 0) is 23.4 Å². The zero-order valence-electron chi connectivity index (χ0n) is 15.5. The maximum absolute atomic E-state index is 11.5. The first-order valence-corrected chi connectivity index (χ1v) is 10.9. The first-order chi connectivity index (χ1) is 10.7. The second-order valence-corrected chi connectivity index (χ2v) is 13.2. The van der Waals surface area contributed by atoms with Crippen LogP contribution in [0.2, 0.25) is 16.6 Å². The molecule has 23 heavy (non-hydrogen) atoms. The lowest BCUT2D eigenvalue weighted by Crippen LogP contribution is -2.57. The van der Waals surface area contributed by atoms with E-state index in [9.17, 15) is 4.79 Å². The highest BCUT2D eigenvalue weighted by Crippen LogP contribution is 2.45. The fraction of sp³-hybridized carbons (Fsp3) is 0.941. The molecule has 0 unspecified atom stereocenters. The van der Waals surface area contributed by atoms with Crippen LogP contribution in [0.4, 0.5) is 0 Å². The van der Waals surface area contributed by atoms with Crippen molar-refractivity contribution >= 4 is 14.3 Å². The van der Waals surface area contributed by atoms with Gasteiger partial charge >= 0.3 is 5.97 Å². The normalized spacial score (nSPS) is 31.2. The maximum atomic E-state index is 11.5. The summed E-state index contributed by atoms with van der Waals surface area (Å²) >= 11 is 0. The minimum Gasteiger partial charge on any atom is -0.460 e. The Kier molecular flexibility index (Phi) is 5.93. The predicted octanol–water partition coefficient (Wildman–Crippen LogP) is 3.62. The van der Waals surface area contributed by atoms with Crippen LogP contribution < -0.4 is 0 Å². The summed E-state index contributed by atoms with van der Waals surface area (Å²) in [6, 6.07) is 0. The summed E-state index contributed by atoms with van der Waals surface area (Å²) in [7, 11) is -2.10. The van der Waals surface area contributed by atoms with E-state index in [0.29, 0.717) is 29.7 Å². The van der Waals surface area contributed by atoms with Gasteiger partial charge in [0.05, 0.1) is 12.7 Å². The fourth-order valence-corrected chi connectivity index (χ4v) is 9.99. The van der Waals surface area contributed by atoms with E-state index in [-0.39, 0.29) is 24.3 Å². The van der Waals surface area contributed by atoms with Crippen molar-refractivity contribution in [3.8, 4) is 0 Å². The number of carbonyl (C=O) groups excluding carboxylic acids is 1. The van der Waals surface area contributed by atoms with Gasteiger partial charge in [0.25, 0.3) is 0 Å². The number of ether oxygens (including phenoxy) is 3. The van der Waals surface area contributed by atoms with Crippen LogP contribution in [0.1, 0.15) is 54.9 Å². The first-order valence-electron chi connectivity index (χ1n) is 8.80. The van der Waals surface area contributed by atoms with Gasteiger partial charge in [-0.05, 0) is 16.6 Å². The molecule has 5 nitrogen and oxygen atoms in total. The zero-order chi connectivity index (χ0) is 17.4. The van der Waals surface area contributed by atoms with Crippen molar-refractivity contribution < 1.29 is 23.4 Å². The lowest BCUT2D eigenvalue weighted by atomic mass is 10.0. The minimum absolute atomic E-state index is 0.0115. The number of esters is 1. The molecule has 0 aromatic heterocycles. The Balaban J connectivity index is 2.29. The van der Waals surface area contributed by atoms with Gasteiger partial charge in [-0.2, -0.15) is 0 Å². The van der Waals surface area contributed by atoms with Crippen LogP contribution in [0.15, 0.2) is 0 Å². The SMILES string of the molecule is CC(=O)O[C@H]1C[C@H]2CO[C@H](O2)[C@@H]1O[Si](C(C)C)(C(C)C)C(C)C. The molecule has 0 saturated carbocycles. The van der Waals surface area contributed by atoms with Crippen molar-refractivity contribution in [1.29, 1.82) is 0 Å². The maximum Gasteiger partial charge on any atom is 0.302 e. The van der Waals surface area contributed by atoms with Crippen molar-refractivity contribution in [3.63, 3.8) is 0 Å². The summed E-state index contributed by atoms with van der Waals surface area (Å²) in [5, 5.41) is 0. The van der Waals surface area contributed by atoms with Crippen LogP contribution in [0.25, 0.3) is 0 Å². The van der Waals surface area contributed by atoms with Gasteiger partial charge in [-0.15, -0.1) is 0 Å². The number of carbonyl (C=O) groups is 1. The topological polar surface area (TPSA) is 54.0 Å². The van der Waals surface area contributed by atoms with Crippen molar-refractivity contribution in [2.24, 2.45) is 0 Å². The molecule has 2 fully saturated rings. The lowest BCUT2D eigenvalue weighted by Gasteiger charge is -2.47. The molecule has 0 aliphatic carbocycles. The molecule has 4 atom stereocenters. The summed E-state index contributed by atoms with van der Waals surface area (Å²) in [6.07, 6.45) is -0.350. The van der Waals surface area contributed by atoms with Crippen molar-refractivity contribution in [2.75, 3.05) is 6.61 Å². The van der Waals surface area contributed by atoms with E-state index in [0.717, 1.165) is 0 Å². The van der Waals surface area contributed by atoms with E-state index in [1.807, 2.05) is 0 Å². The third-order valence-corrected chi connectivity index (χ3v) is 11.4. The van der Waals surface area contributed by atoms with Crippen LogP contribution in [0.5, 0.6) is 0 Å². The van der Waals surface area contributed by atoms with E-state index in [2.05, 4.69) is 41.5 Å². The Hall–Kier alpha value is -0.433. The molecule has 0 aromatic carbocycles. The van der Waals surface area contributed by atoms with E-state index in [1.165, 1.54) is 6.92 Å². The number of rotatable bonds is 6. The van der Waals surface area contributed by atoms with Gasteiger partial charge in [0, 0.05) is 13.3 Å². The molecule has 134 valence electrons. The van der Waals surface area contributed by atoms with E-state index in [4.69, 9.17) is 18.6 Å². The third-order valence-electron chi connectivity index (χ3n) is 5.27. The highest BCUT2D eigenvalue weighted by molar-refractivity contribution is 6.77. The highest BCUT2D eigenvalue weighted by atomic mass is 28.4. The summed E-state index contributed by atoms with van der Waals surface area (Å²) in [5.74, 6) is -0.268. The molecule has 0 N–H and O–H groups in total. The average Bonchev–Trinajstić information content (AvgIpc) is 2.79. The number of hydrogen-bond acceptors (Lipinski definition) is 5. The van der Waals surface area contributed by atoms with Gasteiger partial charge in [-0.1, -0.05) is 41.5 Å². The van der Waals surface area contributed by atoms with Gasteiger partial charge < -0.3 is 18.6 Å². The molecule has 0 spiro atoms. The Morgan fingerprint density at radius 2 is 1.65 bits per heavy atom. The Bertz CT molecular complexity index is 401. The first kappa shape index (κ1) is 18.9. The van der Waals surface area contributed by atoms with Crippen molar-refractivity contribution in [2.45, 2.75) is 96.1 Å². The Morgan fingerprint density at radius 1 is 1.09 bits per heavy atom. The average molecular weight is 345 g/mol. The quantitative estimate of drug-likeness (QED) is 0.544. The standard InChI is InChI=1S/C17H32O5Si/c1-10(2)23(11(3)4,12(5)6)22-16-15(20-13(7)18)8-14-9-19-17(16)21-14/h10-12,14-17H,8-9H2,1-7H3/t14-,15-,16+,17+/m0/s1. The van der Waals surface area contributed by atoms with Gasteiger partial charge in [0.15, 0.2) is 6.29 Å². The summed E-state index contributed by atoms with van der Waals surface area (Å²) in [4.78, 5) is 11.5. The van der Waals surface area contributed by atoms with Gasteiger partial charge in [0.1, 0.15) is 12.2 Å². The summed E-state index contributed by atoms with van der Waals surface area (Å²) in [6.45, 7) is 15.5. The lowest BCUT2D eigenvalue weighted by molar-refractivity contribution is -0.202. The summed E-state index contributed by atoms with van der Waals surface area (Å²) in [5.41, 5.74) is 1.37. The van der Waals surface area contributed by atoms with E-state index >= 15 is 0 Å². The van der Waals surface area contributed by atoms with Crippen LogP contribution in [0.3, 0.4) is 0 Å². The van der Waals surface area contributed by atoms with E-state index < -0.39 is 14.6 Å². The molecule has 2 saturated heterocycles. The second kappa shape index (κ2) is 7.21. The molecule has 0 aromatic rings. The molecule has 0 amide bonds. The molecule has 2 aliphatic heterocycles. The van der Waals surface area contributed by atoms with Crippen molar-refractivity contribution in [1.82, 2.24) is 0 Å². The molecule has 2 bridgehead atoms. The Labute approximate surface area is 141 Å². The van der Waals surface area contributed by atoms with Crippen LogP contribution >= 0.6 is 0 Å². The monoisotopic (exact) mass is 344 g/mol. The molecular formula is C17H32O5Si.